The van der Waals surface area contributed by atoms with Crippen LogP contribution in [0.3, 0.4) is 0 Å². The van der Waals surface area contributed by atoms with E-state index in [1.165, 1.54) is 28.0 Å². The van der Waals surface area contributed by atoms with Crippen molar-refractivity contribution in [1.29, 1.82) is 0 Å². The van der Waals surface area contributed by atoms with Gasteiger partial charge >= 0.3 is 0 Å². The molecule has 0 saturated heterocycles. The Labute approximate surface area is 216 Å². The van der Waals surface area contributed by atoms with Gasteiger partial charge in [0, 0.05) is 53.8 Å². The second-order valence-corrected chi connectivity index (χ2v) is 10.0. The van der Waals surface area contributed by atoms with E-state index in [0.717, 1.165) is 40.9 Å². The molecule has 0 spiro atoms. The Morgan fingerprint density at radius 3 is 2.81 bits per heavy atom. The molecule has 0 bridgehead atoms. The fourth-order valence-corrected chi connectivity index (χ4v) is 5.07. The van der Waals surface area contributed by atoms with Crippen LogP contribution in [0.4, 0.5) is 0 Å². The number of hydrogen-bond acceptors (Lipinski definition) is 4. The second-order valence-electron chi connectivity index (χ2n) is 10.0. The van der Waals surface area contributed by atoms with Crippen molar-refractivity contribution in [2.75, 3.05) is 20.6 Å². The molecule has 0 fully saturated rings. The zero-order valence-electron chi connectivity index (χ0n) is 21.4. The summed E-state index contributed by atoms with van der Waals surface area (Å²) in [6, 6.07) is 8.54. The monoisotopic (exact) mass is 486 g/mol. The van der Waals surface area contributed by atoms with Gasteiger partial charge in [0.1, 0.15) is 0 Å². The van der Waals surface area contributed by atoms with E-state index in [1.807, 2.05) is 18.6 Å². The summed E-state index contributed by atoms with van der Waals surface area (Å²) < 4.78 is 0. The van der Waals surface area contributed by atoms with Crippen LogP contribution in [0.15, 0.2) is 91.0 Å². The first-order valence-electron chi connectivity index (χ1n) is 12.6. The largest absolute Gasteiger partial charge is 0.356 e. The molecular formula is C31H30N6. The number of likely N-dealkylation sites (N-methyl/N-ethyl adjacent to an activating group) is 1. The first-order chi connectivity index (χ1) is 18.0. The van der Waals surface area contributed by atoms with Crippen molar-refractivity contribution in [3.8, 4) is 11.4 Å². The highest BCUT2D eigenvalue weighted by Gasteiger charge is 2.19. The van der Waals surface area contributed by atoms with Crippen LogP contribution in [-0.4, -0.2) is 50.7 Å². The van der Waals surface area contributed by atoms with Gasteiger partial charge in [-0.25, -0.2) is 4.98 Å². The minimum atomic E-state index is 0.343. The Bertz CT molecular complexity index is 1610. The molecule has 0 unspecified atom stereocenters. The van der Waals surface area contributed by atoms with Gasteiger partial charge in [-0.05, 0) is 66.6 Å². The lowest BCUT2D eigenvalue weighted by Gasteiger charge is -2.11. The Kier molecular flexibility index (Phi) is 6.02. The molecule has 1 atom stereocenters. The molecule has 2 aliphatic carbocycles. The van der Waals surface area contributed by atoms with Crippen molar-refractivity contribution in [1.82, 2.24) is 30.0 Å². The van der Waals surface area contributed by atoms with E-state index < -0.39 is 0 Å². The second kappa shape index (κ2) is 9.64. The third-order valence-corrected chi connectivity index (χ3v) is 6.81. The summed E-state index contributed by atoms with van der Waals surface area (Å²) in [6.45, 7) is 3.11. The third-order valence-electron chi connectivity index (χ3n) is 6.81. The molecule has 37 heavy (non-hydrogen) atoms. The summed E-state index contributed by atoms with van der Waals surface area (Å²) in [6.07, 6.45) is 22.0. The van der Waals surface area contributed by atoms with Crippen molar-refractivity contribution in [2.45, 2.75) is 13.3 Å². The van der Waals surface area contributed by atoms with Crippen LogP contribution >= 0.6 is 0 Å². The Hall–Kier alpha value is -4.29. The van der Waals surface area contributed by atoms with E-state index in [9.17, 15) is 0 Å². The van der Waals surface area contributed by atoms with Crippen molar-refractivity contribution >= 4 is 22.2 Å². The molecule has 2 aliphatic rings. The smallest absolute Gasteiger partial charge is 0.181 e. The minimum absolute atomic E-state index is 0.343. The van der Waals surface area contributed by atoms with Crippen LogP contribution in [-0.2, 0) is 6.42 Å². The van der Waals surface area contributed by atoms with E-state index in [2.05, 4.69) is 113 Å². The normalized spacial score (nSPS) is 17.3. The van der Waals surface area contributed by atoms with Crippen LogP contribution in [0.5, 0.6) is 0 Å². The summed E-state index contributed by atoms with van der Waals surface area (Å²) in [5.41, 5.74) is 10.9. The fraction of sp³-hybridized carbons (Fsp3) is 0.194. The zero-order chi connectivity index (χ0) is 25.4. The molecule has 4 aromatic rings. The first kappa shape index (κ1) is 23.1. The van der Waals surface area contributed by atoms with Crippen molar-refractivity contribution in [3.05, 3.63) is 113 Å². The molecule has 4 aromatic heterocycles. The number of aromatic nitrogens is 5. The van der Waals surface area contributed by atoms with Crippen LogP contribution in [0.25, 0.3) is 33.6 Å². The van der Waals surface area contributed by atoms with Gasteiger partial charge in [-0.1, -0.05) is 49.5 Å². The molecule has 6 nitrogen and oxygen atoms in total. The molecule has 0 aromatic carbocycles. The first-order valence-corrected chi connectivity index (χ1v) is 12.6. The van der Waals surface area contributed by atoms with Gasteiger partial charge in [0.25, 0.3) is 0 Å². The lowest BCUT2D eigenvalue weighted by atomic mass is 9.98. The highest BCUT2D eigenvalue weighted by molar-refractivity contribution is 5.94. The van der Waals surface area contributed by atoms with E-state index in [1.54, 1.807) is 0 Å². The number of aromatic amines is 2. The molecule has 0 amide bonds. The molecule has 4 heterocycles. The standard InChI is InChI=1S/C31H30N6/c1-20-8-9-21(19-37(2)3)15-23(14-20)24-16-27-30(35-36-31(27)33-18-24)29-17-26-25(22-10-12-32-13-11-22)6-4-5-7-28(26)34-29/h4-6,8-18,20,34H,7,19H2,1-3H3,(H,33,35,36)/t20-/m0/s1. The van der Waals surface area contributed by atoms with Gasteiger partial charge in [0.15, 0.2) is 5.65 Å². The maximum absolute atomic E-state index is 4.72. The maximum Gasteiger partial charge on any atom is 0.181 e. The molecule has 6 rings (SSSR count). The molecule has 184 valence electrons. The number of H-pyrrole nitrogens is 2. The average molecular weight is 487 g/mol. The summed E-state index contributed by atoms with van der Waals surface area (Å²) in [7, 11) is 4.20. The van der Waals surface area contributed by atoms with E-state index in [-0.39, 0.29) is 0 Å². The number of rotatable bonds is 5. The topological polar surface area (TPSA) is 73.5 Å². The lowest BCUT2D eigenvalue weighted by molar-refractivity contribution is 0.449. The van der Waals surface area contributed by atoms with Crippen LogP contribution < -0.4 is 0 Å². The van der Waals surface area contributed by atoms with Gasteiger partial charge in [0.2, 0.25) is 0 Å². The summed E-state index contributed by atoms with van der Waals surface area (Å²) in [4.78, 5) is 14.8. The highest BCUT2D eigenvalue weighted by atomic mass is 15.2. The van der Waals surface area contributed by atoms with Gasteiger partial charge in [-0.3, -0.25) is 10.1 Å². The van der Waals surface area contributed by atoms with Crippen LogP contribution in [0.2, 0.25) is 0 Å². The number of nitrogens with one attached hydrogen (secondary N) is 2. The molecule has 6 heteroatoms. The van der Waals surface area contributed by atoms with Gasteiger partial charge in [0.05, 0.1) is 11.4 Å². The summed E-state index contributed by atoms with van der Waals surface area (Å²) in [5.74, 6) is 0.343. The number of fused-ring (bicyclic) bond motifs is 2. The quantitative estimate of drug-likeness (QED) is 0.365. The van der Waals surface area contributed by atoms with Gasteiger partial charge < -0.3 is 9.88 Å². The summed E-state index contributed by atoms with van der Waals surface area (Å²) >= 11 is 0. The van der Waals surface area contributed by atoms with Crippen molar-refractivity contribution in [3.63, 3.8) is 0 Å². The third kappa shape index (κ3) is 4.63. The fourth-order valence-electron chi connectivity index (χ4n) is 5.07. The molecule has 0 radical (unpaired) electrons. The Morgan fingerprint density at radius 2 is 1.97 bits per heavy atom. The lowest BCUT2D eigenvalue weighted by Crippen LogP contribution is -2.14. The Morgan fingerprint density at radius 1 is 1.11 bits per heavy atom. The molecule has 0 aliphatic heterocycles. The maximum atomic E-state index is 4.72. The Balaban J connectivity index is 1.42. The molecule has 0 saturated carbocycles. The number of nitrogens with zero attached hydrogens (tertiary/aromatic N) is 4. The van der Waals surface area contributed by atoms with E-state index >= 15 is 0 Å². The highest BCUT2D eigenvalue weighted by Crippen LogP contribution is 2.35. The predicted octanol–water partition coefficient (Wildman–Crippen LogP) is 5.97. The number of allylic oxidation sites excluding steroid dienone is 7. The van der Waals surface area contributed by atoms with E-state index in [0.29, 0.717) is 11.6 Å². The van der Waals surface area contributed by atoms with E-state index in [4.69, 9.17) is 4.98 Å². The van der Waals surface area contributed by atoms with Gasteiger partial charge in [-0.15, -0.1) is 0 Å². The molecule has 2 N–H and O–H groups in total. The van der Waals surface area contributed by atoms with Crippen LogP contribution in [0.1, 0.15) is 29.3 Å². The SMILES string of the molecule is C[C@H]1C=CC(CN(C)C)=CC(c2cnc3n[nH]c(-c4cc5c([nH]4)CC=CC=C5c4ccncc4)c3c2)=C1. The average Bonchev–Trinajstić information content (AvgIpc) is 3.39. The number of hydrogen-bond donors (Lipinski definition) is 2. The van der Waals surface area contributed by atoms with Crippen molar-refractivity contribution in [2.24, 2.45) is 5.92 Å². The zero-order valence-corrected chi connectivity index (χ0v) is 21.4. The summed E-state index contributed by atoms with van der Waals surface area (Å²) in [5, 5.41) is 8.78. The predicted molar refractivity (Wildman–Crippen MR) is 151 cm³/mol. The minimum Gasteiger partial charge on any atom is -0.356 e. The molecular weight excluding hydrogens is 456 g/mol. The number of pyridine rings is 2. The van der Waals surface area contributed by atoms with Crippen LogP contribution in [0, 0.1) is 5.92 Å². The van der Waals surface area contributed by atoms with Gasteiger partial charge in [-0.2, -0.15) is 5.10 Å². The van der Waals surface area contributed by atoms with Crippen molar-refractivity contribution < 1.29 is 0 Å².